The molecule has 1 N–H and O–H groups in total. The van der Waals surface area contributed by atoms with E-state index >= 15 is 0 Å². The third kappa shape index (κ3) is 4.81. The molecule has 92 valence electrons. The van der Waals surface area contributed by atoms with Crippen LogP contribution < -0.4 is 0 Å². The van der Waals surface area contributed by atoms with Gasteiger partial charge < -0.3 is 5.11 Å². The number of benzene rings is 1. The molecular formula is C14H18O3. The second-order valence-electron chi connectivity index (χ2n) is 4.27. The Morgan fingerprint density at radius 3 is 2.41 bits per heavy atom. The van der Waals surface area contributed by atoms with Crippen molar-refractivity contribution in [3.05, 3.63) is 35.9 Å². The number of rotatable bonds is 7. The molecule has 0 fully saturated rings. The van der Waals surface area contributed by atoms with Gasteiger partial charge in [-0.2, -0.15) is 0 Å². The Morgan fingerprint density at radius 1 is 1.18 bits per heavy atom. The number of carbonyl (C=O) groups is 2. The van der Waals surface area contributed by atoms with Crippen LogP contribution in [0.3, 0.4) is 0 Å². The van der Waals surface area contributed by atoms with Crippen molar-refractivity contribution >= 4 is 11.8 Å². The third-order valence-corrected chi connectivity index (χ3v) is 2.78. The molecule has 1 aromatic rings. The number of aliphatic carboxylic acids is 1. The number of hydrogen-bond acceptors (Lipinski definition) is 2. The quantitative estimate of drug-likeness (QED) is 0.582. The van der Waals surface area contributed by atoms with E-state index in [1.54, 1.807) is 0 Å². The van der Waals surface area contributed by atoms with Gasteiger partial charge in [0.1, 0.15) is 0 Å². The van der Waals surface area contributed by atoms with Gasteiger partial charge in [0.2, 0.25) is 0 Å². The van der Waals surface area contributed by atoms with Crippen molar-refractivity contribution in [3.63, 3.8) is 0 Å². The van der Waals surface area contributed by atoms with Gasteiger partial charge in [0, 0.05) is 17.9 Å². The molecule has 3 heteroatoms. The molecule has 1 unspecified atom stereocenters. The molecular weight excluding hydrogens is 216 g/mol. The molecule has 0 radical (unpaired) electrons. The molecule has 0 heterocycles. The van der Waals surface area contributed by atoms with E-state index in [4.69, 9.17) is 5.11 Å². The number of ketones is 1. The zero-order valence-electron chi connectivity index (χ0n) is 10.1. The van der Waals surface area contributed by atoms with E-state index in [-0.39, 0.29) is 18.1 Å². The van der Waals surface area contributed by atoms with Gasteiger partial charge >= 0.3 is 5.97 Å². The van der Waals surface area contributed by atoms with Crippen molar-refractivity contribution in [3.8, 4) is 0 Å². The summed E-state index contributed by atoms with van der Waals surface area (Å²) >= 11 is 0. The molecule has 0 bridgehead atoms. The Bertz CT molecular complexity index is 370. The van der Waals surface area contributed by atoms with Crippen LogP contribution in [-0.4, -0.2) is 16.9 Å². The average molecular weight is 234 g/mol. The summed E-state index contributed by atoms with van der Waals surface area (Å²) in [5, 5.41) is 8.50. The van der Waals surface area contributed by atoms with Gasteiger partial charge in [0.15, 0.2) is 5.78 Å². The summed E-state index contributed by atoms with van der Waals surface area (Å²) in [7, 11) is 0. The number of carboxylic acids is 1. The fraction of sp³-hybridized carbons (Fsp3) is 0.429. The molecule has 0 saturated carbocycles. The molecule has 0 spiro atoms. The van der Waals surface area contributed by atoms with Crippen LogP contribution in [0.1, 0.15) is 43.0 Å². The number of Topliss-reactive ketones (excluding diaryl/α,β-unsaturated/α-hetero) is 1. The van der Waals surface area contributed by atoms with Gasteiger partial charge in [-0.1, -0.05) is 43.7 Å². The minimum atomic E-state index is -0.771. The SMILES string of the molecule is CC(CCCCC(=O)O)C(=O)c1ccccc1. The molecule has 0 aromatic heterocycles. The van der Waals surface area contributed by atoms with Crippen LogP contribution in [0.25, 0.3) is 0 Å². The molecule has 1 atom stereocenters. The van der Waals surface area contributed by atoms with Gasteiger partial charge in [0.25, 0.3) is 0 Å². The molecule has 0 amide bonds. The van der Waals surface area contributed by atoms with Crippen molar-refractivity contribution in [1.29, 1.82) is 0 Å². The summed E-state index contributed by atoms with van der Waals surface area (Å²) in [6, 6.07) is 9.22. The van der Waals surface area contributed by atoms with Crippen molar-refractivity contribution in [2.45, 2.75) is 32.6 Å². The number of hydrogen-bond donors (Lipinski definition) is 1. The van der Waals surface area contributed by atoms with Crippen molar-refractivity contribution in [2.75, 3.05) is 0 Å². The minimum absolute atomic E-state index is 0.0359. The molecule has 0 aliphatic heterocycles. The Balaban J connectivity index is 2.35. The largest absolute Gasteiger partial charge is 0.481 e. The maximum atomic E-state index is 12.0. The Labute approximate surface area is 101 Å². The standard InChI is InChI=1S/C14H18O3/c1-11(7-5-6-10-13(15)16)14(17)12-8-3-2-4-9-12/h2-4,8-9,11H,5-7,10H2,1H3,(H,15,16). The molecule has 3 nitrogen and oxygen atoms in total. The first-order valence-corrected chi connectivity index (χ1v) is 5.92. The lowest BCUT2D eigenvalue weighted by molar-refractivity contribution is -0.137. The van der Waals surface area contributed by atoms with Crippen LogP contribution in [0, 0.1) is 5.92 Å². The first-order valence-electron chi connectivity index (χ1n) is 5.92. The van der Waals surface area contributed by atoms with E-state index in [0.29, 0.717) is 6.42 Å². The number of unbranched alkanes of at least 4 members (excludes halogenated alkanes) is 1. The monoisotopic (exact) mass is 234 g/mol. The second kappa shape index (κ2) is 6.84. The highest BCUT2D eigenvalue weighted by Gasteiger charge is 2.14. The summed E-state index contributed by atoms with van der Waals surface area (Å²) in [6.07, 6.45) is 2.36. The lowest BCUT2D eigenvalue weighted by Crippen LogP contribution is -2.11. The van der Waals surface area contributed by atoms with Crippen LogP contribution in [-0.2, 0) is 4.79 Å². The summed E-state index contributed by atoms with van der Waals surface area (Å²) < 4.78 is 0. The van der Waals surface area contributed by atoms with Crippen LogP contribution in [0.2, 0.25) is 0 Å². The maximum absolute atomic E-state index is 12.0. The lowest BCUT2D eigenvalue weighted by atomic mass is 9.94. The third-order valence-electron chi connectivity index (χ3n) is 2.78. The molecule has 17 heavy (non-hydrogen) atoms. The summed E-state index contributed by atoms with van der Waals surface area (Å²) in [6.45, 7) is 1.90. The van der Waals surface area contributed by atoms with Crippen molar-refractivity contribution < 1.29 is 14.7 Å². The Morgan fingerprint density at radius 2 is 1.82 bits per heavy atom. The smallest absolute Gasteiger partial charge is 0.303 e. The fourth-order valence-corrected chi connectivity index (χ4v) is 1.74. The van der Waals surface area contributed by atoms with Gasteiger partial charge in [-0.05, 0) is 12.8 Å². The van der Waals surface area contributed by atoms with Crippen molar-refractivity contribution in [2.24, 2.45) is 5.92 Å². The fourth-order valence-electron chi connectivity index (χ4n) is 1.74. The number of carboxylic acid groups (broad SMARTS) is 1. The lowest BCUT2D eigenvalue weighted by Gasteiger charge is -2.09. The summed E-state index contributed by atoms with van der Waals surface area (Å²) in [4.78, 5) is 22.3. The normalized spacial score (nSPS) is 12.1. The highest BCUT2D eigenvalue weighted by Crippen LogP contribution is 2.15. The van der Waals surface area contributed by atoms with E-state index < -0.39 is 5.97 Å². The minimum Gasteiger partial charge on any atom is -0.481 e. The topological polar surface area (TPSA) is 54.4 Å². The van der Waals surface area contributed by atoms with Gasteiger partial charge in [-0.3, -0.25) is 9.59 Å². The highest BCUT2D eigenvalue weighted by atomic mass is 16.4. The van der Waals surface area contributed by atoms with Crippen LogP contribution >= 0.6 is 0 Å². The van der Waals surface area contributed by atoms with Gasteiger partial charge in [-0.25, -0.2) is 0 Å². The Hall–Kier alpha value is -1.64. The van der Waals surface area contributed by atoms with E-state index in [1.807, 2.05) is 37.3 Å². The first-order chi connectivity index (χ1) is 8.11. The van der Waals surface area contributed by atoms with Gasteiger partial charge in [-0.15, -0.1) is 0 Å². The number of carbonyl (C=O) groups excluding carboxylic acids is 1. The molecule has 0 aliphatic carbocycles. The Kier molecular flexibility index (Phi) is 5.40. The van der Waals surface area contributed by atoms with Gasteiger partial charge in [0.05, 0.1) is 0 Å². The predicted molar refractivity (Wildman–Crippen MR) is 66.0 cm³/mol. The van der Waals surface area contributed by atoms with Crippen molar-refractivity contribution in [1.82, 2.24) is 0 Å². The molecule has 1 aromatic carbocycles. The average Bonchev–Trinajstić information content (AvgIpc) is 2.34. The first kappa shape index (κ1) is 13.4. The molecule has 0 aliphatic rings. The van der Waals surface area contributed by atoms with E-state index in [0.717, 1.165) is 18.4 Å². The molecule has 0 saturated heterocycles. The highest BCUT2D eigenvalue weighted by molar-refractivity contribution is 5.97. The predicted octanol–water partition coefficient (Wildman–Crippen LogP) is 3.15. The van der Waals surface area contributed by atoms with Crippen LogP contribution in [0.15, 0.2) is 30.3 Å². The van der Waals surface area contributed by atoms with E-state index in [1.165, 1.54) is 0 Å². The second-order valence-corrected chi connectivity index (χ2v) is 4.27. The van der Waals surface area contributed by atoms with Crippen LogP contribution in [0.4, 0.5) is 0 Å². The van der Waals surface area contributed by atoms with Crippen LogP contribution in [0.5, 0.6) is 0 Å². The maximum Gasteiger partial charge on any atom is 0.303 e. The van der Waals surface area contributed by atoms with E-state index in [9.17, 15) is 9.59 Å². The van der Waals surface area contributed by atoms with E-state index in [2.05, 4.69) is 0 Å². The molecule has 1 rings (SSSR count). The summed E-state index contributed by atoms with van der Waals surface area (Å²) in [5.41, 5.74) is 0.734. The zero-order valence-corrected chi connectivity index (χ0v) is 10.1. The zero-order chi connectivity index (χ0) is 12.7. The summed E-state index contributed by atoms with van der Waals surface area (Å²) in [5.74, 6) is -0.667.